The number of piperidine rings is 1. The van der Waals surface area contributed by atoms with Crippen LogP contribution < -0.4 is 5.76 Å². The topological polar surface area (TPSA) is 94.6 Å². The van der Waals surface area contributed by atoms with E-state index in [0.29, 0.717) is 19.0 Å². The lowest BCUT2D eigenvalue weighted by molar-refractivity contribution is -0.160. The molecule has 0 spiro atoms. The summed E-state index contributed by atoms with van der Waals surface area (Å²) in [4.78, 5) is 38.7. The maximum absolute atomic E-state index is 12.4. The maximum Gasteiger partial charge on any atom is 0.437 e. The molecule has 2 aromatic rings. The third-order valence-corrected chi connectivity index (χ3v) is 5.48. The Balaban J connectivity index is 1.49. The molecule has 0 radical (unpaired) electrons. The van der Waals surface area contributed by atoms with Crippen LogP contribution in [0.5, 0.6) is 0 Å². The molecule has 0 aromatic carbocycles. The Morgan fingerprint density at radius 3 is 2.81 bits per heavy atom. The van der Waals surface area contributed by atoms with E-state index in [9.17, 15) is 14.4 Å². The fourth-order valence-corrected chi connectivity index (χ4v) is 3.58. The van der Waals surface area contributed by atoms with Crippen LogP contribution in [0.3, 0.4) is 0 Å². The second-order valence-corrected chi connectivity index (χ2v) is 7.71. The molecule has 0 N–H and O–H groups in total. The summed E-state index contributed by atoms with van der Waals surface area (Å²) >= 11 is 1.41. The molecular formula is C18H23N3O5S. The molecule has 8 nitrogen and oxygen atoms in total. The van der Waals surface area contributed by atoms with Crippen LogP contribution in [0.4, 0.5) is 0 Å². The highest BCUT2D eigenvalue weighted by molar-refractivity contribution is 7.13. The van der Waals surface area contributed by atoms with Crippen molar-refractivity contribution in [2.24, 2.45) is 5.92 Å². The van der Waals surface area contributed by atoms with Crippen molar-refractivity contribution in [3.8, 4) is 10.8 Å². The number of hydrogen-bond donors (Lipinski definition) is 0. The molecule has 1 amide bonds. The average Bonchev–Trinajstić information content (AvgIpc) is 3.29. The summed E-state index contributed by atoms with van der Waals surface area (Å²) in [6.07, 6.45) is 1.04. The van der Waals surface area contributed by atoms with E-state index in [0.717, 1.165) is 22.4 Å². The minimum Gasteiger partial charge on any atom is -0.452 e. The normalized spacial score (nSPS) is 16.3. The highest BCUT2D eigenvalue weighted by Gasteiger charge is 2.26. The predicted molar refractivity (Wildman–Crippen MR) is 99.2 cm³/mol. The van der Waals surface area contributed by atoms with Gasteiger partial charge in [0.1, 0.15) is 0 Å². The molecule has 1 aliphatic rings. The van der Waals surface area contributed by atoms with Crippen molar-refractivity contribution >= 4 is 23.2 Å². The van der Waals surface area contributed by atoms with Gasteiger partial charge < -0.3 is 14.1 Å². The molecular weight excluding hydrogens is 370 g/mol. The highest BCUT2D eigenvalue weighted by Crippen LogP contribution is 2.21. The summed E-state index contributed by atoms with van der Waals surface area (Å²) in [6, 6.07) is 3.63. The number of likely N-dealkylation sites (tertiary alicyclic amines) is 1. The van der Waals surface area contributed by atoms with Crippen molar-refractivity contribution in [3.63, 3.8) is 0 Å². The molecule has 1 saturated heterocycles. The first-order chi connectivity index (χ1) is 12.9. The van der Waals surface area contributed by atoms with Gasteiger partial charge in [-0.05, 0) is 37.1 Å². The molecule has 0 bridgehead atoms. The molecule has 9 heteroatoms. The van der Waals surface area contributed by atoms with Gasteiger partial charge in [-0.25, -0.2) is 4.79 Å². The Labute approximate surface area is 160 Å². The van der Waals surface area contributed by atoms with E-state index >= 15 is 0 Å². The molecule has 0 saturated carbocycles. The lowest BCUT2D eigenvalue weighted by Gasteiger charge is -2.31. The van der Waals surface area contributed by atoms with Crippen molar-refractivity contribution in [3.05, 3.63) is 28.1 Å². The Bertz CT molecular complexity index is 834. The summed E-state index contributed by atoms with van der Waals surface area (Å²) in [6.45, 7) is 5.18. The van der Waals surface area contributed by atoms with Gasteiger partial charge in [0.2, 0.25) is 0 Å². The van der Waals surface area contributed by atoms with Gasteiger partial charge in [0.05, 0.1) is 17.8 Å². The second kappa shape index (κ2) is 8.51. The van der Waals surface area contributed by atoms with Crippen LogP contribution in [0.15, 0.2) is 26.7 Å². The molecule has 27 heavy (non-hydrogen) atoms. The summed E-state index contributed by atoms with van der Waals surface area (Å²) in [5.74, 6) is -0.501. The summed E-state index contributed by atoms with van der Waals surface area (Å²) < 4.78 is 11.4. The minimum absolute atomic E-state index is 0.0364. The molecule has 146 valence electrons. The van der Waals surface area contributed by atoms with Crippen molar-refractivity contribution < 1.29 is 18.7 Å². The van der Waals surface area contributed by atoms with Crippen molar-refractivity contribution in [2.45, 2.75) is 45.8 Å². The number of rotatable bonds is 6. The smallest absolute Gasteiger partial charge is 0.437 e. The Morgan fingerprint density at radius 1 is 1.41 bits per heavy atom. The summed E-state index contributed by atoms with van der Waals surface area (Å²) in [5, 5.41) is 5.94. The Morgan fingerprint density at radius 2 is 2.15 bits per heavy atom. The molecule has 0 aliphatic carbocycles. The number of hydrogen-bond acceptors (Lipinski definition) is 7. The number of amides is 1. The fraction of sp³-hybridized carbons (Fsp3) is 0.556. The van der Waals surface area contributed by atoms with E-state index in [2.05, 4.69) is 12.0 Å². The van der Waals surface area contributed by atoms with Gasteiger partial charge in [0.15, 0.2) is 6.10 Å². The maximum atomic E-state index is 12.4. The monoisotopic (exact) mass is 393 g/mol. The number of carbonyl (C=O) groups is 2. The molecule has 2 aromatic heterocycles. The number of carbonyl (C=O) groups excluding carboxylic acids is 2. The predicted octanol–water partition coefficient (Wildman–Crippen LogP) is 2.15. The second-order valence-electron chi connectivity index (χ2n) is 6.76. The number of thiophene rings is 1. The standard InChI is InChI=1S/C18H23N3O5S/c1-12-5-8-20(9-6-12)17(23)13(2)25-15(22)7-10-21-18(24)26-16(19-21)14-4-3-11-27-14/h3-4,11-13H,5-10H2,1-2H3/t13-/m0/s1. The first kappa shape index (κ1) is 19.3. The van der Waals surface area contributed by atoms with Gasteiger partial charge in [-0.1, -0.05) is 13.0 Å². The van der Waals surface area contributed by atoms with Crippen LogP contribution in [-0.4, -0.2) is 45.8 Å². The van der Waals surface area contributed by atoms with Crippen LogP contribution in [0, 0.1) is 5.92 Å². The van der Waals surface area contributed by atoms with E-state index in [1.807, 2.05) is 11.4 Å². The molecule has 1 atom stereocenters. The number of aryl methyl sites for hydroxylation is 1. The van der Waals surface area contributed by atoms with Gasteiger partial charge in [-0.15, -0.1) is 16.4 Å². The quantitative estimate of drug-likeness (QED) is 0.698. The van der Waals surface area contributed by atoms with Gasteiger partial charge in [0.25, 0.3) is 11.8 Å². The van der Waals surface area contributed by atoms with E-state index in [4.69, 9.17) is 9.15 Å². The van der Waals surface area contributed by atoms with Gasteiger partial charge in [-0.3, -0.25) is 9.59 Å². The molecule has 1 aliphatic heterocycles. The largest absolute Gasteiger partial charge is 0.452 e. The summed E-state index contributed by atoms with van der Waals surface area (Å²) in [7, 11) is 0. The lowest BCUT2D eigenvalue weighted by atomic mass is 9.99. The molecule has 0 unspecified atom stereocenters. The van der Waals surface area contributed by atoms with Gasteiger partial charge in [-0.2, -0.15) is 4.68 Å². The first-order valence-corrected chi connectivity index (χ1v) is 9.92. The van der Waals surface area contributed by atoms with Crippen LogP contribution in [-0.2, 0) is 20.9 Å². The average molecular weight is 393 g/mol. The molecule has 1 fully saturated rings. The number of aromatic nitrogens is 2. The van der Waals surface area contributed by atoms with Crippen molar-refractivity contribution in [1.82, 2.24) is 14.7 Å². The zero-order valence-electron chi connectivity index (χ0n) is 15.4. The zero-order chi connectivity index (χ0) is 19.4. The van der Waals surface area contributed by atoms with Crippen molar-refractivity contribution in [1.29, 1.82) is 0 Å². The van der Waals surface area contributed by atoms with E-state index in [1.54, 1.807) is 17.9 Å². The van der Waals surface area contributed by atoms with Gasteiger partial charge in [0, 0.05) is 13.1 Å². The van der Waals surface area contributed by atoms with Crippen LogP contribution in [0.2, 0.25) is 0 Å². The lowest BCUT2D eigenvalue weighted by Crippen LogP contribution is -2.44. The van der Waals surface area contributed by atoms with E-state index in [1.165, 1.54) is 11.3 Å². The molecule has 3 heterocycles. The van der Waals surface area contributed by atoms with E-state index < -0.39 is 17.8 Å². The van der Waals surface area contributed by atoms with Crippen molar-refractivity contribution in [2.75, 3.05) is 13.1 Å². The summed E-state index contributed by atoms with van der Waals surface area (Å²) in [5.41, 5.74) is 0. The SMILES string of the molecule is CC1CCN(C(=O)[C@H](C)OC(=O)CCn2nc(-c3cccs3)oc2=O)CC1. The zero-order valence-corrected chi connectivity index (χ0v) is 16.2. The highest BCUT2D eigenvalue weighted by atomic mass is 32.1. The minimum atomic E-state index is -0.832. The van der Waals surface area contributed by atoms with E-state index in [-0.39, 0.29) is 24.8 Å². The number of nitrogens with zero attached hydrogens (tertiary/aromatic N) is 3. The molecule has 3 rings (SSSR count). The number of ether oxygens (including phenoxy) is 1. The van der Waals surface area contributed by atoms with Gasteiger partial charge >= 0.3 is 11.7 Å². The Hall–Kier alpha value is -2.42. The fourth-order valence-electron chi connectivity index (χ4n) is 2.94. The number of esters is 1. The van der Waals surface area contributed by atoms with Crippen LogP contribution in [0.1, 0.15) is 33.1 Å². The van der Waals surface area contributed by atoms with Crippen LogP contribution in [0.25, 0.3) is 10.8 Å². The first-order valence-electron chi connectivity index (χ1n) is 9.04. The third-order valence-electron chi connectivity index (χ3n) is 4.62. The third kappa shape index (κ3) is 4.85. The van der Waals surface area contributed by atoms with Crippen LogP contribution >= 0.6 is 11.3 Å². The Kier molecular flexibility index (Phi) is 6.10.